The molecule has 1 unspecified atom stereocenters. The zero-order valence-electron chi connectivity index (χ0n) is 15.4. The van der Waals surface area contributed by atoms with E-state index in [-0.39, 0.29) is 12.0 Å². The van der Waals surface area contributed by atoms with Gasteiger partial charge in [0.25, 0.3) is 5.91 Å². The number of hydrogen-bond donors (Lipinski definition) is 2. The van der Waals surface area contributed by atoms with Crippen LogP contribution in [0.2, 0.25) is 0 Å². The maximum absolute atomic E-state index is 15.4. The van der Waals surface area contributed by atoms with Crippen molar-refractivity contribution in [3.05, 3.63) is 46.2 Å². The van der Waals surface area contributed by atoms with E-state index in [0.29, 0.717) is 17.2 Å². The molecule has 4 amide bonds. The third-order valence-corrected chi connectivity index (χ3v) is 5.22. The van der Waals surface area contributed by atoms with Crippen molar-refractivity contribution in [2.75, 3.05) is 13.7 Å². The van der Waals surface area contributed by atoms with Crippen LogP contribution in [0.3, 0.4) is 0 Å². The van der Waals surface area contributed by atoms with Crippen LogP contribution in [0.15, 0.2) is 46.2 Å². The Morgan fingerprint density at radius 2 is 2.28 bits per heavy atom. The average molecular weight is 520 g/mol. The Bertz CT molecular complexity index is 828. The number of alkyl halides is 1. The summed E-state index contributed by atoms with van der Waals surface area (Å²) in [6, 6.07) is -0.960. The van der Waals surface area contributed by atoms with Gasteiger partial charge >= 0.3 is 6.03 Å². The molecule has 3 rings (SSSR count). The number of imide groups is 3. The highest BCUT2D eigenvalue weighted by Crippen LogP contribution is 2.36. The Morgan fingerprint density at radius 3 is 2.86 bits per heavy atom. The van der Waals surface area contributed by atoms with Crippen molar-refractivity contribution in [2.24, 2.45) is 0 Å². The Morgan fingerprint density at radius 1 is 1.52 bits per heavy atom. The molecule has 3 heterocycles. The van der Waals surface area contributed by atoms with E-state index >= 15 is 4.39 Å². The van der Waals surface area contributed by atoms with Gasteiger partial charge in [0, 0.05) is 6.20 Å². The zero-order valence-corrected chi connectivity index (χ0v) is 17.6. The van der Waals surface area contributed by atoms with E-state index in [0.717, 1.165) is 0 Å². The Balaban J connectivity index is 1.94. The van der Waals surface area contributed by atoms with Crippen molar-refractivity contribution in [2.45, 2.75) is 31.0 Å². The van der Waals surface area contributed by atoms with E-state index in [2.05, 4.69) is 5.32 Å². The van der Waals surface area contributed by atoms with Gasteiger partial charge in [0.05, 0.1) is 19.2 Å². The van der Waals surface area contributed by atoms with Gasteiger partial charge in [-0.1, -0.05) is 28.7 Å². The van der Waals surface area contributed by atoms with Crippen LogP contribution in [0.1, 0.15) is 6.42 Å². The number of halogens is 2. The Labute approximate surface area is 179 Å². The molecule has 1 fully saturated rings. The second-order valence-electron chi connectivity index (χ2n) is 6.71. The zero-order chi connectivity index (χ0) is 21.2. The monoisotopic (exact) mass is 520 g/mol. The van der Waals surface area contributed by atoms with Gasteiger partial charge in [0.1, 0.15) is 12.3 Å². The number of urea groups is 1. The van der Waals surface area contributed by atoms with Crippen molar-refractivity contribution in [1.82, 2.24) is 10.2 Å². The number of nitrogens with one attached hydrogen (secondary N) is 1. The summed E-state index contributed by atoms with van der Waals surface area (Å²) >= 11 is 1.88. The maximum atomic E-state index is 15.4. The van der Waals surface area contributed by atoms with Gasteiger partial charge in [0.2, 0.25) is 18.8 Å². The van der Waals surface area contributed by atoms with Gasteiger partial charge in [-0.2, -0.15) is 9.38 Å². The molecule has 0 spiro atoms. The molecule has 3 aliphatic heterocycles. The van der Waals surface area contributed by atoms with E-state index in [1.165, 1.54) is 23.4 Å². The molecule has 1 saturated heterocycles. The fourth-order valence-corrected chi connectivity index (χ4v) is 3.78. The highest BCUT2D eigenvalue weighted by Gasteiger charge is 2.60. The smallest absolute Gasteiger partial charge is 0.439 e. The summed E-state index contributed by atoms with van der Waals surface area (Å²) < 4.78 is 27.4. The van der Waals surface area contributed by atoms with Crippen LogP contribution in [-0.2, 0) is 19.1 Å². The van der Waals surface area contributed by atoms with Crippen LogP contribution in [-0.4, -0.2) is 71.1 Å². The first-order valence-electron chi connectivity index (χ1n) is 8.75. The normalized spacial score (nSPS) is 34.8. The summed E-state index contributed by atoms with van der Waals surface area (Å²) in [5.41, 5.74) is 0.0381. The molecule has 0 aromatic heterocycles. The first-order valence-corrected chi connectivity index (χ1v) is 9.99. The molecule has 0 aromatic rings. The number of nitrogens with zero attached hydrogens (tertiary/aromatic N) is 2. The average Bonchev–Trinajstić information content (AvgIpc) is 3.04. The van der Waals surface area contributed by atoms with Crippen molar-refractivity contribution >= 4 is 40.9 Å². The number of aliphatic hydroxyl groups is 1. The molecule has 11 heteroatoms. The minimum Gasteiger partial charge on any atom is -0.470 e. The minimum atomic E-state index is -1.84. The van der Waals surface area contributed by atoms with Gasteiger partial charge in [0.15, 0.2) is 12.0 Å². The van der Waals surface area contributed by atoms with Crippen LogP contribution >= 0.6 is 22.6 Å². The Kier molecular flexibility index (Phi) is 6.51. The molecule has 0 saturated carbocycles. The number of carbonyl (C=O) groups excluding carboxylic acids is 3. The minimum absolute atomic E-state index is 0.0381. The second kappa shape index (κ2) is 8.73. The largest absolute Gasteiger partial charge is 0.470 e. The lowest BCUT2D eigenvalue weighted by molar-refractivity contribution is -0.838. The van der Waals surface area contributed by atoms with E-state index in [1.54, 1.807) is 12.3 Å². The fraction of sp³-hybridized carbons (Fsp3) is 0.389. The highest BCUT2D eigenvalue weighted by atomic mass is 127. The standard InChI is InChI=1S/C18H20FIN3O6/c1-23(8-11(5-6-20)16(26)22(10-25)18(23)27)17-14(19)15(12(9-24)28-17)29-13-4-2-3-7-21-13/h3-8,10,12,14-15,17,21,24H,2,9H2,1H3/q+1/t12-,14-,15-,17-,23?/m1/s1. The molecule has 0 aromatic carbocycles. The lowest BCUT2D eigenvalue weighted by atomic mass is 10.1. The van der Waals surface area contributed by atoms with Crippen molar-refractivity contribution in [1.29, 1.82) is 0 Å². The van der Waals surface area contributed by atoms with Crippen molar-refractivity contribution in [3.63, 3.8) is 0 Å². The van der Waals surface area contributed by atoms with Crippen LogP contribution < -0.4 is 5.32 Å². The molecular formula is C18H20FIN3O6+. The predicted molar refractivity (Wildman–Crippen MR) is 106 cm³/mol. The molecule has 29 heavy (non-hydrogen) atoms. The van der Waals surface area contributed by atoms with Gasteiger partial charge in [-0.15, -0.1) is 0 Å². The van der Waals surface area contributed by atoms with Crippen molar-refractivity contribution in [3.8, 4) is 0 Å². The first kappa shape index (κ1) is 21.6. The lowest BCUT2D eigenvalue weighted by Crippen LogP contribution is -2.64. The number of ether oxygens (including phenoxy) is 2. The van der Waals surface area contributed by atoms with E-state index in [1.807, 2.05) is 28.7 Å². The van der Waals surface area contributed by atoms with Crippen LogP contribution in [0.4, 0.5) is 9.18 Å². The summed E-state index contributed by atoms with van der Waals surface area (Å²) in [5, 5.41) is 12.5. The lowest BCUT2D eigenvalue weighted by Gasteiger charge is -2.38. The molecule has 3 aliphatic rings. The van der Waals surface area contributed by atoms with E-state index < -0.39 is 47.6 Å². The summed E-state index contributed by atoms with van der Waals surface area (Å²) in [5.74, 6) is -0.499. The fourth-order valence-electron chi connectivity index (χ4n) is 3.40. The number of quaternary nitrogens is 1. The van der Waals surface area contributed by atoms with Gasteiger partial charge in [-0.05, 0) is 22.7 Å². The molecule has 2 N–H and O–H groups in total. The van der Waals surface area contributed by atoms with Gasteiger partial charge in [-0.3, -0.25) is 9.59 Å². The predicted octanol–water partition coefficient (Wildman–Crippen LogP) is 1.17. The summed E-state index contributed by atoms with van der Waals surface area (Å²) in [4.78, 5) is 36.9. The molecular weight excluding hydrogens is 500 g/mol. The number of amides is 4. The number of dihydropyridines is 1. The van der Waals surface area contributed by atoms with Crippen LogP contribution in [0, 0.1) is 0 Å². The third kappa shape index (κ3) is 3.86. The molecule has 0 bridgehead atoms. The highest BCUT2D eigenvalue weighted by molar-refractivity contribution is 14.1. The third-order valence-electron chi connectivity index (χ3n) is 4.86. The van der Waals surface area contributed by atoms with Crippen molar-refractivity contribution < 1.29 is 37.8 Å². The summed E-state index contributed by atoms with van der Waals surface area (Å²) in [7, 11) is 1.33. The van der Waals surface area contributed by atoms with Crippen LogP contribution in [0.5, 0.6) is 0 Å². The summed E-state index contributed by atoms with van der Waals surface area (Å²) in [6.07, 6.45) is 3.01. The number of allylic oxidation sites excluding steroid dienone is 2. The molecule has 0 aliphatic carbocycles. The van der Waals surface area contributed by atoms with Crippen LogP contribution in [0.25, 0.3) is 0 Å². The van der Waals surface area contributed by atoms with Gasteiger partial charge in [-0.25, -0.2) is 9.18 Å². The molecule has 0 radical (unpaired) electrons. The number of rotatable bonds is 6. The van der Waals surface area contributed by atoms with E-state index in [4.69, 9.17) is 9.47 Å². The maximum Gasteiger partial charge on any atom is 0.439 e. The molecule has 156 valence electrons. The van der Waals surface area contributed by atoms with E-state index in [9.17, 15) is 19.5 Å². The topological polar surface area (TPSA) is 105 Å². The first-order chi connectivity index (χ1) is 13.9. The quantitative estimate of drug-likeness (QED) is 0.308. The molecule has 5 atom stereocenters. The number of hydrogen-bond acceptors (Lipinski definition) is 7. The SMILES string of the molecule is C[N+]1([C@@H]2O[C@H](CO)[C@@H](OC3=CCC=CN3)[C@H]2F)C=C(C=CI)C(=O)N(C=O)C1=O. The Hall–Kier alpha value is -2.09. The molecule has 9 nitrogen and oxygen atoms in total. The number of aliphatic hydroxyl groups excluding tert-OH is 1. The number of carbonyl (C=O) groups is 3. The van der Waals surface area contributed by atoms with Gasteiger partial charge < -0.3 is 19.9 Å². The summed E-state index contributed by atoms with van der Waals surface area (Å²) in [6.45, 7) is -0.542. The second-order valence-corrected chi connectivity index (χ2v) is 7.43.